The minimum absolute atomic E-state index is 0.0329. The lowest BCUT2D eigenvalue weighted by atomic mass is 10.2. The summed E-state index contributed by atoms with van der Waals surface area (Å²) in [6, 6.07) is 2.04. The third kappa shape index (κ3) is 2.03. The van der Waals surface area contributed by atoms with E-state index in [9.17, 15) is 4.79 Å². The maximum Gasteiger partial charge on any atom is 0.267 e. The molecular weight excluding hydrogens is 216 g/mol. The molecule has 1 fully saturated rings. The van der Waals surface area contributed by atoms with Gasteiger partial charge in [0.05, 0.1) is 17.3 Å². The molecule has 1 aromatic heterocycles. The smallest absolute Gasteiger partial charge is 0.267 e. The van der Waals surface area contributed by atoms with Crippen LogP contribution >= 0.6 is 11.6 Å². The molecule has 0 saturated carbocycles. The topological polar surface area (TPSA) is 59.0 Å². The average molecular weight is 227 g/mol. The molecule has 15 heavy (non-hydrogen) atoms. The summed E-state index contributed by atoms with van der Waals surface area (Å²) in [6.07, 6.45) is 1.64. The van der Waals surface area contributed by atoms with Crippen LogP contribution in [0.1, 0.15) is 6.04 Å². The van der Waals surface area contributed by atoms with Crippen LogP contribution in [-0.4, -0.2) is 28.8 Å². The molecule has 1 amide bonds. The normalized spacial score (nSPS) is 15.8. The zero-order valence-electron chi connectivity index (χ0n) is 8.03. The van der Waals surface area contributed by atoms with Crippen LogP contribution in [0, 0.1) is 0 Å². The average Bonchev–Trinajstić information content (AvgIpc) is 2.50. The van der Waals surface area contributed by atoms with E-state index >= 15 is 0 Å². The highest BCUT2D eigenvalue weighted by atomic mass is 35.5. The Bertz CT molecular complexity index is 397. The third-order valence-corrected chi connectivity index (χ3v) is 2.44. The number of hydrogen-bond acceptors (Lipinski definition) is 3. The van der Waals surface area contributed by atoms with Crippen LogP contribution in [0.25, 0.3) is 0 Å². The molecule has 0 aromatic carbocycles. The predicted octanol–water partition coefficient (Wildman–Crippen LogP) is 0.718. The summed E-state index contributed by atoms with van der Waals surface area (Å²) in [5.74, 6) is 0.249. The van der Waals surface area contributed by atoms with Gasteiger partial charge in [0, 0.05) is 19.2 Å². The summed E-state index contributed by atoms with van der Waals surface area (Å²) in [5, 5.41) is 9.88. The minimum Gasteiger partial charge on any atom is -0.312 e. The van der Waals surface area contributed by atoms with E-state index in [-0.39, 0.29) is 5.03 Å². The summed E-state index contributed by atoms with van der Waals surface area (Å²) in [7, 11) is 0. The Kier molecular flexibility index (Phi) is 2.75. The molecule has 0 atom stereocenters. The first-order chi connectivity index (χ1) is 7.18. The van der Waals surface area contributed by atoms with Gasteiger partial charge in [-0.05, 0) is 0 Å². The molecule has 5 nitrogen and oxygen atoms in total. The van der Waals surface area contributed by atoms with Crippen molar-refractivity contribution in [3.05, 3.63) is 23.9 Å². The van der Waals surface area contributed by atoms with Crippen molar-refractivity contribution in [2.24, 2.45) is 0 Å². The molecule has 0 bridgehead atoms. The number of carbonyl (C=O) groups excluding carboxylic acids is 1. The molecule has 0 radical (unpaired) electrons. The molecule has 1 aliphatic rings. The van der Waals surface area contributed by atoms with Gasteiger partial charge in [0.2, 0.25) is 0 Å². The van der Waals surface area contributed by atoms with Crippen molar-refractivity contribution in [3.63, 3.8) is 0 Å². The zero-order chi connectivity index (χ0) is 10.8. The van der Waals surface area contributed by atoms with Crippen LogP contribution in [0.3, 0.4) is 0 Å². The van der Waals surface area contributed by atoms with Crippen molar-refractivity contribution in [1.29, 1.82) is 0 Å². The number of halogens is 1. The Morgan fingerprint density at radius 1 is 1.73 bits per heavy atom. The molecule has 1 saturated heterocycles. The highest BCUT2D eigenvalue weighted by molar-refractivity contribution is 6.43. The largest absolute Gasteiger partial charge is 0.312 e. The molecule has 1 aliphatic heterocycles. The summed E-state index contributed by atoms with van der Waals surface area (Å²) in [4.78, 5) is 11.3. The van der Waals surface area contributed by atoms with Crippen molar-refractivity contribution in [2.75, 3.05) is 18.4 Å². The van der Waals surface area contributed by atoms with Gasteiger partial charge in [0.25, 0.3) is 5.91 Å². The maximum absolute atomic E-state index is 11.3. The predicted molar refractivity (Wildman–Crippen MR) is 57.8 cm³/mol. The SMILES string of the molecule is C=C(Cl)C(=O)Nc1ccnn1C1CNC1. The number of rotatable bonds is 3. The van der Waals surface area contributed by atoms with Crippen molar-refractivity contribution in [1.82, 2.24) is 15.1 Å². The third-order valence-electron chi connectivity index (χ3n) is 2.26. The fourth-order valence-corrected chi connectivity index (χ4v) is 1.38. The maximum atomic E-state index is 11.3. The molecule has 2 heterocycles. The molecule has 80 valence electrons. The lowest BCUT2D eigenvalue weighted by Gasteiger charge is -2.28. The van der Waals surface area contributed by atoms with E-state index in [0.717, 1.165) is 13.1 Å². The second kappa shape index (κ2) is 4.04. The van der Waals surface area contributed by atoms with Crippen molar-refractivity contribution >= 4 is 23.3 Å². The van der Waals surface area contributed by atoms with E-state index in [4.69, 9.17) is 11.6 Å². The van der Waals surface area contributed by atoms with E-state index in [0.29, 0.717) is 11.9 Å². The summed E-state index contributed by atoms with van der Waals surface area (Å²) < 4.78 is 1.77. The van der Waals surface area contributed by atoms with Gasteiger partial charge in [0.15, 0.2) is 0 Å². The number of anilines is 1. The monoisotopic (exact) mass is 226 g/mol. The van der Waals surface area contributed by atoms with Gasteiger partial charge in [-0.1, -0.05) is 18.2 Å². The Balaban J connectivity index is 2.10. The number of aromatic nitrogens is 2. The van der Waals surface area contributed by atoms with Crippen LogP contribution in [0.2, 0.25) is 0 Å². The zero-order valence-corrected chi connectivity index (χ0v) is 8.79. The number of nitrogens with one attached hydrogen (secondary N) is 2. The standard InChI is InChI=1S/C9H11ClN4O/c1-6(10)9(15)13-8-2-3-12-14(8)7-4-11-5-7/h2-3,7,11H,1,4-5H2,(H,13,15). The van der Waals surface area contributed by atoms with Crippen molar-refractivity contribution in [3.8, 4) is 0 Å². The van der Waals surface area contributed by atoms with E-state index in [1.54, 1.807) is 16.9 Å². The Morgan fingerprint density at radius 2 is 2.47 bits per heavy atom. The van der Waals surface area contributed by atoms with Gasteiger partial charge in [0.1, 0.15) is 5.82 Å². The van der Waals surface area contributed by atoms with E-state index < -0.39 is 5.91 Å². The molecule has 0 aliphatic carbocycles. The first-order valence-electron chi connectivity index (χ1n) is 4.58. The summed E-state index contributed by atoms with van der Waals surface area (Å²) in [5.41, 5.74) is 0. The fraction of sp³-hybridized carbons (Fsp3) is 0.333. The van der Waals surface area contributed by atoms with Crippen LogP contribution in [0.5, 0.6) is 0 Å². The van der Waals surface area contributed by atoms with Gasteiger partial charge < -0.3 is 10.6 Å². The summed E-state index contributed by atoms with van der Waals surface area (Å²) >= 11 is 5.48. The molecule has 2 N–H and O–H groups in total. The molecule has 0 spiro atoms. The lowest BCUT2D eigenvalue weighted by Crippen LogP contribution is -2.44. The van der Waals surface area contributed by atoms with Gasteiger partial charge in [-0.2, -0.15) is 5.10 Å². The Labute approximate surface area is 92.1 Å². The van der Waals surface area contributed by atoms with E-state index in [2.05, 4.69) is 22.3 Å². The van der Waals surface area contributed by atoms with Crippen LogP contribution in [0.15, 0.2) is 23.9 Å². The quantitative estimate of drug-likeness (QED) is 0.747. The van der Waals surface area contributed by atoms with E-state index in [1.807, 2.05) is 0 Å². The molecule has 0 unspecified atom stereocenters. The fourth-order valence-electron chi connectivity index (χ4n) is 1.33. The molecule has 6 heteroatoms. The second-order valence-corrected chi connectivity index (χ2v) is 3.79. The second-order valence-electron chi connectivity index (χ2n) is 3.33. The van der Waals surface area contributed by atoms with Crippen LogP contribution in [-0.2, 0) is 4.79 Å². The van der Waals surface area contributed by atoms with Gasteiger partial charge in [-0.3, -0.25) is 4.79 Å². The van der Waals surface area contributed by atoms with Gasteiger partial charge in [-0.15, -0.1) is 0 Å². The van der Waals surface area contributed by atoms with Gasteiger partial charge in [-0.25, -0.2) is 4.68 Å². The van der Waals surface area contributed by atoms with Gasteiger partial charge >= 0.3 is 0 Å². The Morgan fingerprint density at radius 3 is 3.00 bits per heavy atom. The first kappa shape index (κ1) is 10.2. The number of nitrogens with zero attached hydrogens (tertiary/aromatic N) is 2. The van der Waals surface area contributed by atoms with Crippen molar-refractivity contribution < 1.29 is 4.79 Å². The number of hydrogen-bond donors (Lipinski definition) is 2. The molecule has 2 rings (SSSR count). The highest BCUT2D eigenvalue weighted by Gasteiger charge is 2.22. The molecule has 1 aromatic rings. The summed E-state index contributed by atoms with van der Waals surface area (Å²) in [6.45, 7) is 5.09. The minimum atomic E-state index is -0.398. The number of carbonyl (C=O) groups is 1. The Hall–Kier alpha value is -1.33. The first-order valence-corrected chi connectivity index (χ1v) is 4.96. The van der Waals surface area contributed by atoms with Crippen LogP contribution in [0.4, 0.5) is 5.82 Å². The van der Waals surface area contributed by atoms with Crippen LogP contribution < -0.4 is 10.6 Å². The lowest BCUT2D eigenvalue weighted by molar-refractivity contribution is -0.112. The van der Waals surface area contributed by atoms with E-state index in [1.165, 1.54) is 0 Å². The van der Waals surface area contributed by atoms with Crippen molar-refractivity contribution in [2.45, 2.75) is 6.04 Å². The highest BCUT2D eigenvalue weighted by Crippen LogP contribution is 2.18. The molecular formula is C9H11ClN4O. The number of amides is 1.